The summed E-state index contributed by atoms with van der Waals surface area (Å²) in [4.78, 5) is 0. The van der Waals surface area contributed by atoms with Crippen molar-refractivity contribution in [1.29, 1.82) is 0 Å². The van der Waals surface area contributed by atoms with Gasteiger partial charge in [0.2, 0.25) is 0 Å². The minimum absolute atomic E-state index is 1.26. The Hall–Kier alpha value is -0.890. The molecule has 0 bridgehead atoms. The second-order valence-electron chi connectivity index (χ2n) is 2.80. The lowest BCUT2D eigenvalue weighted by molar-refractivity contribution is 1.37. The highest BCUT2D eigenvalue weighted by Gasteiger charge is 1.98. The molecule has 0 atom stereocenters. The molecule has 1 nitrogen and oxygen atoms in total. The van der Waals surface area contributed by atoms with Gasteiger partial charge in [0.15, 0.2) is 0 Å². The fourth-order valence-electron chi connectivity index (χ4n) is 1.13. The lowest BCUT2D eigenvalue weighted by Gasteiger charge is -1.97. The van der Waals surface area contributed by atoms with Crippen LogP contribution in [0.5, 0.6) is 0 Å². The van der Waals surface area contributed by atoms with Gasteiger partial charge in [-0.05, 0) is 48.6 Å². The number of hydrogen-bond acceptors (Lipinski definition) is 2. The van der Waals surface area contributed by atoms with Gasteiger partial charge in [0.05, 0.1) is 4.70 Å². The van der Waals surface area contributed by atoms with E-state index in [1.54, 1.807) is 11.5 Å². The monoisotopic (exact) mass is 163 g/mol. The van der Waals surface area contributed by atoms with Crippen molar-refractivity contribution in [2.24, 2.45) is 0 Å². The van der Waals surface area contributed by atoms with Crippen LogP contribution in [0.15, 0.2) is 18.3 Å². The van der Waals surface area contributed by atoms with Crippen LogP contribution in [0.3, 0.4) is 0 Å². The molecule has 1 aromatic heterocycles. The van der Waals surface area contributed by atoms with Gasteiger partial charge in [0.25, 0.3) is 0 Å². The SMILES string of the molecule is Cc1cc2cnsc2cc1C. The van der Waals surface area contributed by atoms with E-state index in [9.17, 15) is 0 Å². The third kappa shape index (κ3) is 1.03. The average molecular weight is 163 g/mol. The first-order chi connectivity index (χ1) is 5.27. The Morgan fingerprint density at radius 2 is 1.91 bits per heavy atom. The molecule has 0 aliphatic carbocycles. The first-order valence-electron chi connectivity index (χ1n) is 3.59. The van der Waals surface area contributed by atoms with Crippen molar-refractivity contribution in [3.8, 4) is 0 Å². The van der Waals surface area contributed by atoms with E-state index < -0.39 is 0 Å². The van der Waals surface area contributed by atoms with Gasteiger partial charge in [-0.3, -0.25) is 0 Å². The van der Waals surface area contributed by atoms with Crippen LogP contribution in [0.4, 0.5) is 0 Å². The van der Waals surface area contributed by atoms with Gasteiger partial charge in [-0.25, -0.2) is 0 Å². The van der Waals surface area contributed by atoms with Crippen LogP contribution in [0.2, 0.25) is 0 Å². The summed E-state index contributed by atoms with van der Waals surface area (Å²) in [7, 11) is 0. The van der Waals surface area contributed by atoms with Gasteiger partial charge in [-0.2, -0.15) is 4.37 Å². The molecule has 0 aliphatic rings. The molecule has 56 valence electrons. The third-order valence-electron chi connectivity index (χ3n) is 1.97. The van der Waals surface area contributed by atoms with Gasteiger partial charge in [0.1, 0.15) is 0 Å². The van der Waals surface area contributed by atoms with Crippen molar-refractivity contribution in [2.75, 3.05) is 0 Å². The molecular weight excluding hydrogens is 154 g/mol. The first-order valence-corrected chi connectivity index (χ1v) is 4.36. The van der Waals surface area contributed by atoms with Crippen molar-refractivity contribution in [1.82, 2.24) is 4.37 Å². The van der Waals surface area contributed by atoms with Crippen molar-refractivity contribution >= 4 is 21.6 Å². The topological polar surface area (TPSA) is 12.9 Å². The maximum Gasteiger partial charge on any atom is 0.0552 e. The second kappa shape index (κ2) is 2.31. The molecule has 0 radical (unpaired) electrons. The van der Waals surface area contributed by atoms with Gasteiger partial charge in [-0.1, -0.05) is 0 Å². The van der Waals surface area contributed by atoms with Crippen molar-refractivity contribution in [3.05, 3.63) is 29.5 Å². The van der Waals surface area contributed by atoms with E-state index in [1.807, 2.05) is 6.20 Å². The first kappa shape index (κ1) is 6.80. The normalized spacial score (nSPS) is 10.7. The minimum Gasteiger partial charge on any atom is -0.200 e. The maximum atomic E-state index is 4.13. The number of fused-ring (bicyclic) bond motifs is 1. The largest absolute Gasteiger partial charge is 0.200 e. The molecule has 11 heavy (non-hydrogen) atoms. The molecule has 1 aromatic carbocycles. The Bertz CT molecular complexity index is 353. The summed E-state index contributed by atoms with van der Waals surface area (Å²) in [5.41, 5.74) is 2.69. The van der Waals surface area contributed by atoms with Crippen molar-refractivity contribution in [2.45, 2.75) is 13.8 Å². The lowest BCUT2D eigenvalue weighted by Crippen LogP contribution is -1.77. The van der Waals surface area contributed by atoms with Crippen LogP contribution < -0.4 is 0 Å². The molecule has 0 saturated carbocycles. The summed E-state index contributed by atoms with van der Waals surface area (Å²) < 4.78 is 5.41. The molecule has 2 rings (SSSR count). The summed E-state index contributed by atoms with van der Waals surface area (Å²) in [5.74, 6) is 0. The maximum absolute atomic E-state index is 4.13. The van der Waals surface area contributed by atoms with Crippen molar-refractivity contribution in [3.63, 3.8) is 0 Å². The summed E-state index contributed by atoms with van der Waals surface area (Å²) in [5, 5.41) is 1.26. The molecule has 0 N–H and O–H groups in total. The van der Waals surface area contributed by atoms with Gasteiger partial charge in [0, 0.05) is 11.6 Å². The molecule has 2 heteroatoms. The van der Waals surface area contributed by atoms with Gasteiger partial charge < -0.3 is 0 Å². The molecular formula is C9H9NS. The molecule has 0 unspecified atom stereocenters. The Morgan fingerprint density at radius 3 is 2.73 bits per heavy atom. The molecule has 0 saturated heterocycles. The predicted molar refractivity (Wildman–Crippen MR) is 49.1 cm³/mol. The Labute approximate surface area is 69.8 Å². The molecule has 1 heterocycles. The van der Waals surface area contributed by atoms with E-state index in [1.165, 1.54) is 21.2 Å². The van der Waals surface area contributed by atoms with E-state index in [0.717, 1.165) is 0 Å². The number of aryl methyl sites for hydroxylation is 2. The van der Waals surface area contributed by atoms with Crippen LogP contribution in [0.25, 0.3) is 10.1 Å². The summed E-state index contributed by atoms with van der Waals surface area (Å²) >= 11 is 1.56. The molecule has 2 aromatic rings. The Kier molecular flexibility index (Phi) is 1.43. The van der Waals surface area contributed by atoms with E-state index in [2.05, 4.69) is 30.4 Å². The highest BCUT2D eigenvalue weighted by atomic mass is 32.1. The zero-order valence-electron chi connectivity index (χ0n) is 6.59. The summed E-state index contributed by atoms with van der Waals surface area (Å²) in [6.45, 7) is 4.26. The third-order valence-corrected chi connectivity index (χ3v) is 2.73. The predicted octanol–water partition coefficient (Wildman–Crippen LogP) is 2.91. The van der Waals surface area contributed by atoms with Gasteiger partial charge in [-0.15, -0.1) is 0 Å². The number of nitrogens with zero attached hydrogens (tertiary/aromatic N) is 1. The van der Waals surface area contributed by atoms with E-state index in [4.69, 9.17) is 0 Å². The smallest absolute Gasteiger partial charge is 0.0552 e. The van der Waals surface area contributed by atoms with Crippen LogP contribution in [0, 0.1) is 13.8 Å². The van der Waals surface area contributed by atoms with Crippen molar-refractivity contribution < 1.29 is 0 Å². The van der Waals surface area contributed by atoms with E-state index in [-0.39, 0.29) is 0 Å². The van der Waals surface area contributed by atoms with Crippen LogP contribution >= 0.6 is 11.5 Å². The Morgan fingerprint density at radius 1 is 1.18 bits per heavy atom. The fraction of sp³-hybridized carbons (Fsp3) is 0.222. The fourth-order valence-corrected chi connectivity index (χ4v) is 1.86. The van der Waals surface area contributed by atoms with E-state index >= 15 is 0 Å². The number of rotatable bonds is 0. The second-order valence-corrected chi connectivity index (χ2v) is 3.63. The van der Waals surface area contributed by atoms with Gasteiger partial charge >= 0.3 is 0 Å². The molecule has 0 fully saturated rings. The summed E-state index contributed by atoms with van der Waals surface area (Å²) in [6.07, 6.45) is 1.92. The standard InChI is InChI=1S/C9H9NS/c1-6-3-8-5-10-11-9(8)4-7(6)2/h3-5H,1-2H3. The molecule has 0 spiro atoms. The van der Waals surface area contributed by atoms with Crippen LogP contribution in [-0.2, 0) is 0 Å². The minimum atomic E-state index is 1.26. The highest BCUT2D eigenvalue weighted by Crippen LogP contribution is 2.21. The molecule has 0 amide bonds. The van der Waals surface area contributed by atoms with E-state index in [0.29, 0.717) is 0 Å². The number of aromatic nitrogens is 1. The van der Waals surface area contributed by atoms with Crippen LogP contribution in [0.1, 0.15) is 11.1 Å². The zero-order valence-corrected chi connectivity index (χ0v) is 7.40. The number of benzene rings is 1. The summed E-state index contributed by atoms with van der Waals surface area (Å²) in [6, 6.07) is 4.39. The lowest BCUT2D eigenvalue weighted by atomic mass is 10.1. The average Bonchev–Trinajstić information content (AvgIpc) is 2.36. The molecule has 0 aliphatic heterocycles. The zero-order chi connectivity index (χ0) is 7.84. The number of hydrogen-bond donors (Lipinski definition) is 0. The highest BCUT2D eigenvalue weighted by molar-refractivity contribution is 7.13. The Balaban J connectivity index is 2.86. The van der Waals surface area contributed by atoms with Crippen LogP contribution in [-0.4, -0.2) is 4.37 Å². The quantitative estimate of drug-likeness (QED) is 0.582.